The van der Waals surface area contributed by atoms with Gasteiger partial charge in [-0.3, -0.25) is 4.68 Å². The highest BCUT2D eigenvalue weighted by atomic mass is 19.1. The summed E-state index contributed by atoms with van der Waals surface area (Å²) in [5.74, 6) is 0.241. The van der Waals surface area contributed by atoms with Gasteiger partial charge in [0.15, 0.2) is 0 Å². The molecule has 0 spiro atoms. The van der Waals surface area contributed by atoms with Gasteiger partial charge in [-0.2, -0.15) is 5.10 Å². The predicted octanol–water partition coefficient (Wildman–Crippen LogP) is 3.78. The molecule has 106 valence electrons. The Morgan fingerprint density at radius 2 is 1.86 bits per heavy atom. The van der Waals surface area contributed by atoms with Gasteiger partial charge in [0.1, 0.15) is 17.3 Å². The molecule has 3 rings (SSSR count). The number of hydrogen-bond acceptors (Lipinski definition) is 2. The summed E-state index contributed by atoms with van der Waals surface area (Å²) in [5.41, 5.74) is 10.5. The molecule has 1 heterocycles. The third-order valence-corrected chi connectivity index (χ3v) is 3.61. The quantitative estimate of drug-likeness (QED) is 0.776. The Morgan fingerprint density at radius 1 is 1.10 bits per heavy atom. The Morgan fingerprint density at radius 3 is 2.57 bits per heavy atom. The molecule has 0 saturated carbocycles. The fraction of sp³-hybridized carbons (Fsp3) is 0.118. The number of hydrogen-bond donors (Lipinski definition) is 1. The maximum atomic E-state index is 13.5. The smallest absolute Gasteiger partial charge is 0.129 e. The molecule has 0 radical (unpaired) electrons. The van der Waals surface area contributed by atoms with Gasteiger partial charge >= 0.3 is 0 Å². The molecule has 2 aromatic carbocycles. The van der Waals surface area contributed by atoms with E-state index in [0.29, 0.717) is 5.82 Å². The Labute approximate surface area is 122 Å². The zero-order valence-electron chi connectivity index (χ0n) is 12.0. The number of nitrogens with zero attached hydrogens (tertiary/aromatic N) is 2. The lowest BCUT2D eigenvalue weighted by molar-refractivity contribution is 0.628. The molecule has 4 heteroatoms. The third-order valence-electron chi connectivity index (χ3n) is 3.61. The summed E-state index contributed by atoms with van der Waals surface area (Å²) in [6.07, 6.45) is 0. The van der Waals surface area contributed by atoms with E-state index in [9.17, 15) is 4.39 Å². The van der Waals surface area contributed by atoms with Crippen LogP contribution in [-0.2, 0) is 7.05 Å². The molecule has 0 unspecified atom stereocenters. The predicted molar refractivity (Wildman–Crippen MR) is 83.2 cm³/mol. The van der Waals surface area contributed by atoms with Crippen LogP contribution in [0.5, 0.6) is 0 Å². The van der Waals surface area contributed by atoms with Crippen molar-refractivity contribution in [1.29, 1.82) is 0 Å². The summed E-state index contributed by atoms with van der Waals surface area (Å²) >= 11 is 0. The molecule has 1 aromatic heterocycles. The van der Waals surface area contributed by atoms with E-state index < -0.39 is 0 Å². The fourth-order valence-corrected chi connectivity index (χ4v) is 2.49. The maximum absolute atomic E-state index is 13.5. The van der Waals surface area contributed by atoms with Gasteiger partial charge in [0, 0.05) is 12.6 Å². The molecular weight excluding hydrogens is 265 g/mol. The first kappa shape index (κ1) is 13.4. The van der Waals surface area contributed by atoms with Gasteiger partial charge in [-0.05, 0) is 30.2 Å². The summed E-state index contributed by atoms with van der Waals surface area (Å²) in [4.78, 5) is 0. The van der Waals surface area contributed by atoms with Crippen LogP contribution in [0.3, 0.4) is 0 Å². The van der Waals surface area contributed by atoms with Crippen LogP contribution in [0, 0.1) is 12.7 Å². The maximum Gasteiger partial charge on any atom is 0.129 e. The van der Waals surface area contributed by atoms with E-state index in [0.717, 1.165) is 27.9 Å². The number of aromatic nitrogens is 2. The molecule has 0 aliphatic carbocycles. The van der Waals surface area contributed by atoms with Crippen molar-refractivity contribution >= 4 is 5.82 Å². The molecule has 0 amide bonds. The van der Waals surface area contributed by atoms with E-state index in [1.54, 1.807) is 17.8 Å². The van der Waals surface area contributed by atoms with Crippen molar-refractivity contribution in [3.05, 3.63) is 59.9 Å². The summed E-state index contributed by atoms with van der Waals surface area (Å²) in [5, 5.41) is 4.52. The summed E-state index contributed by atoms with van der Waals surface area (Å²) < 4.78 is 15.2. The van der Waals surface area contributed by atoms with Crippen LogP contribution in [0.4, 0.5) is 10.2 Å². The van der Waals surface area contributed by atoms with Crippen molar-refractivity contribution in [2.45, 2.75) is 6.92 Å². The topological polar surface area (TPSA) is 43.8 Å². The summed E-state index contributed by atoms with van der Waals surface area (Å²) in [6.45, 7) is 2.02. The van der Waals surface area contributed by atoms with Crippen LogP contribution in [-0.4, -0.2) is 9.78 Å². The zero-order valence-corrected chi connectivity index (χ0v) is 12.0. The van der Waals surface area contributed by atoms with Gasteiger partial charge in [0.05, 0.1) is 5.56 Å². The molecule has 21 heavy (non-hydrogen) atoms. The summed E-state index contributed by atoms with van der Waals surface area (Å²) in [6, 6.07) is 14.4. The third kappa shape index (κ3) is 2.29. The van der Waals surface area contributed by atoms with Crippen LogP contribution in [0.15, 0.2) is 48.5 Å². The SMILES string of the molecule is Cc1ccccc1-c1nn(C)c(N)c1-c1cccc(F)c1. The van der Waals surface area contributed by atoms with Crippen LogP contribution >= 0.6 is 0 Å². The standard InChI is InChI=1S/C17H16FN3/c1-11-6-3-4-9-14(11)16-15(17(19)21(2)20-16)12-7-5-8-13(18)10-12/h3-10H,19H2,1-2H3. The van der Waals surface area contributed by atoms with Crippen LogP contribution in [0.25, 0.3) is 22.4 Å². The van der Waals surface area contributed by atoms with Crippen LogP contribution in [0.1, 0.15) is 5.56 Å². The van der Waals surface area contributed by atoms with Crippen LogP contribution in [0.2, 0.25) is 0 Å². The van der Waals surface area contributed by atoms with E-state index in [4.69, 9.17) is 5.73 Å². The van der Waals surface area contributed by atoms with E-state index in [2.05, 4.69) is 5.10 Å². The van der Waals surface area contributed by atoms with E-state index in [-0.39, 0.29) is 5.82 Å². The lowest BCUT2D eigenvalue weighted by Crippen LogP contribution is -1.98. The monoisotopic (exact) mass is 281 g/mol. The van der Waals surface area contributed by atoms with Crippen molar-refractivity contribution in [1.82, 2.24) is 9.78 Å². The average molecular weight is 281 g/mol. The molecular formula is C17H16FN3. The summed E-state index contributed by atoms with van der Waals surface area (Å²) in [7, 11) is 1.79. The molecule has 0 fully saturated rings. The number of nitrogens with two attached hydrogens (primary N) is 1. The number of anilines is 1. The first-order chi connectivity index (χ1) is 10.1. The average Bonchev–Trinajstić information content (AvgIpc) is 2.75. The molecule has 0 aliphatic rings. The fourth-order valence-electron chi connectivity index (χ4n) is 2.49. The molecule has 0 saturated heterocycles. The van der Waals surface area contributed by atoms with Crippen molar-refractivity contribution in [3.63, 3.8) is 0 Å². The molecule has 3 aromatic rings. The van der Waals surface area contributed by atoms with Gasteiger partial charge in [0.2, 0.25) is 0 Å². The highest BCUT2D eigenvalue weighted by Gasteiger charge is 2.18. The van der Waals surface area contributed by atoms with Crippen molar-refractivity contribution in [2.24, 2.45) is 7.05 Å². The van der Waals surface area contributed by atoms with Gasteiger partial charge in [-0.1, -0.05) is 36.4 Å². The van der Waals surface area contributed by atoms with Crippen molar-refractivity contribution in [2.75, 3.05) is 5.73 Å². The first-order valence-electron chi connectivity index (χ1n) is 6.72. The normalized spacial score (nSPS) is 10.8. The van der Waals surface area contributed by atoms with E-state index >= 15 is 0 Å². The lowest BCUT2D eigenvalue weighted by atomic mass is 9.98. The first-order valence-corrected chi connectivity index (χ1v) is 6.72. The second-order valence-corrected chi connectivity index (χ2v) is 5.06. The highest BCUT2D eigenvalue weighted by molar-refractivity contribution is 5.88. The van der Waals surface area contributed by atoms with E-state index in [1.807, 2.05) is 37.3 Å². The Bertz CT molecular complexity index is 806. The van der Waals surface area contributed by atoms with Gasteiger partial charge in [-0.25, -0.2) is 4.39 Å². The number of nitrogen functional groups attached to an aromatic ring is 1. The molecule has 3 nitrogen and oxygen atoms in total. The molecule has 0 bridgehead atoms. The number of rotatable bonds is 2. The van der Waals surface area contributed by atoms with Gasteiger partial charge in [0.25, 0.3) is 0 Å². The Balaban J connectivity index is 2.29. The van der Waals surface area contributed by atoms with Crippen molar-refractivity contribution < 1.29 is 4.39 Å². The Hall–Kier alpha value is -2.62. The van der Waals surface area contributed by atoms with E-state index in [1.165, 1.54) is 12.1 Å². The minimum Gasteiger partial charge on any atom is -0.383 e. The zero-order chi connectivity index (χ0) is 15.0. The highest BCUT2D eigenvalue weighted by Crippen LogP contribution is 2.37. The molecule has 0 aliphatic heterocycles. The second-order valence-electron chi connectivity index (χ2n) is 5.06. The lowest BCUT2D eigenvalue weighted by Gasteiger charge is -2.07. The number of halogens is 1. The van der Waals surface area contributed by atoms with Crippen molar-refractivity contribution in [3.8, 4) is 22.4 Å². The molecule has 2 N–H and O–H groups in total. The number of aryl methyl sites for hydroxylation is 2. The minimum absolute atomic E-state index is 0.286. The molecule has 0 atom stereocenters. The number of benzene rings is 2. The minimum atomic E-state index is -0.286. The largest absolute Gasteiger partial charge is 0.383 e. The van der Waals surface area contributed by atoms with Gasteiger partial charge in [-0.15, -0.1) is 0 Å². The Kier molecular flexibility index (Phi) is 3.22. The van der Waals surface area contributed by atoms with Gasteiger partial charge < -0.3 is 5.73 Å². The van der Waals surface area contributed by atoms with Crippen LogP contribution < -0.4 is 5.73 Å². The second kappa shape index (κ2) is 5.05.